The van der Waals surface area contributed by atoms with E-state index in [-0.39, 0.29) is 17.4 Å². The summed E-state index contributed by atoms with van der Waals surface area (Å²) >= 11 is 0. The molecule has 3 rings (SSSR count). The number of amides is 1. The first kappa shape index (κ1) is 17.5. The van der Waals surface area contributed by atoms with Crippen LogP contribution in [-0.2, 0) is 0 Å². The normalized spacial score (nSPS) is 11.2. The Bertz CT molecular complexity index is 964. The van der Waals surface area contributed by atoms with Crippen LogP contribution in [0.2, 0.25) is 0 Å². The first-order valence-electron chi connectivity index (χ1n) is 8.36. The van der Waals surface area contributed by atoms with E-state index < -0.39 is 5.91 Å². The number of aromatic hydroxyl groups is 1. The summed E-state index contributed by atoms with van der Waals surface area (Å²) in [5.41, 5.74) is 3.40. The average molecular weight is 348 g/mol. The molecule has 0 bridgehead atoms. The second-order valence-corrected chi connectivity index (χ2v) is 6.08. The Morgan fingerprint density at radius 2 is 1.81 bits per heavy atom. The molecule has 132 valence electrons. The number of hydrazone groups is 1. The molecule has 0 aliphatic carbocycles. The van der Waals surface area contributed by atoms with Gasteiger partial charge in [-0.15, -0.1) is 0 Å². The van der Waals surface area contributed by atoms with Crippen molar-refractivity contribution >= 4 is 22.9 Å². The molecular formula is C21H20N2O3. The number of para-hydroxylation sites is 1. The van der Waals surface area contributed by atoms with Gasteiger partial charge in [0.1, 0.15) is 11.5 Å². The van der Waals surface area contributed by atoms with Gasteiger partial charge in [-0.2, -0.15) is 5.10 Å². The number of hydrogen-bond acceptors (Lipinski definition) is 4. The molecule has 5 nitrogen and oxygen atoms in total. The summed E-state index contributed by atoms with van der Waals surface area (Å²) in [7, 11) is 0. The van der Waals surface area contributed by atoms with Gasteiger partial charge in [0.25, 0.3) is 5.91 Å². The van der Waals surface area contributed by atoms with Crippen molar-refractivity contribution in [3.05, 3.63) is 71.8 Å². The lowest BCUT2D eigenvalue weighted by Gasteiger charge is -2.14. The van der Waals surface area contributed by atoms with Crippen LogP contribution >= 0.6 is 0 Å². The van der Waals surface area contributed by atoms with Crippen LogP contribution in [0.1, 0.15) is 29.8 Å². The van der Waals surface area contributed by atoms with Crippen LogP contribution in [0.25, 0.3) is 10.8 Å². The van der Waals surface area contributed by atoms with Crippen LogP contribution in [0.15, 0.2) is 65.8 Å². The second-order valence-electron chi connectivity index (χ2n) is 6.08. The maximum atomic E-state index is 12.2. The number of benzene rings is 3. The molecule has 3 aromatic rings. The fourth-order valence-corrected chi connectivity index (χ4v) is 2.65. The highest BCUT2D eigenvalue weighted by atomic mass is 16.5. The van der Waals surface area contributed by atoms with Gasteiger partial charge in [-0.25, -0.2) is 5.43 Å². The van der Waals surface area contributed by atoms with Crippen molar-refractivity contribution in [2.75, 3.05) is 0 Å². The number of phenols is 1. The van der Waals surface area contributed by atoms with E-state index in [9.17, 15) is 9.90 Å². The molecule has 0 saturated heterocycles. The van der Waals surface area contributed by atoms with Crippen molar-refractivity contribution in [1.29, 1.82) is 0 Å². The minimum atomic E-state index is -0.481. The number of nitrogens with one attached hydrogen (secondary N) is 1. The quantitative estimate of drug-likeness (QED) is 0.539. The van der Waals surface area contributed by atoms with Gasteiger partial charge in [0.2, 0.25) is 0 Å². The van der Waals surface area contributed by atoms with Gasteiger partial charge in [0.15, 0.2) is 0 Å². The van der Waals surface area contributed by atoms with Crippen molar-refractivity contribution in [2.45, 2.75) is 20.0 Å². The number of nitrogens with zero attached hydrogens (tertiary/aromatic N) is 1. The van der Waals surface area contributed by atoms with E-state index in [2.05, 4.69) is 10.5 Å². The van der Waals surface area contributed by atoms with Crippen LogP contribution < -0.4 is 10.2 Å². The molecule has 3 aromatic carbocycles. The SMILES string of the molecule is CC(C)Oc1ccc2ccccc2c1/C=N/NC(=O)c1ccccc1O. The number of fused-ring (bicyclic) bond motifs is 1. The molecule has 0 saturated carbocycles. The molecule has 2 N–H and O–H groups in total. The van der Waals surface area contributed by atoms with Crippen LogP contribution in [0.4, 0.5) is 0 Å². The summed E-state index contributed by atoms with van der Waals surface area (Å²) in [6, 6.07) is 18.1. The molecule has 26 heavy (non-hydrogen) atoms. The van der Waals surface area contributed by atoms with E-state index in [1.165, 1.54) is 12.1 Å². The summed E-state index contributed by atoms with van der Waals surface area (Å²) in [5.74, 6) is 0.124. The Kier molecular flexibility index (Phi) is 5.17. The molecule has 0 radical (unpaired) electrons. The lowest BCUT2D eigenvalue weighted by Crippen LogP contribution is -2.17. The number of hydrogen-bond donors (Lipinski definition) is 2. The summed E-state index contributed by atoms with van der Waals surface area (Å²) in [4.78, 5) is 12.2. The first-order valence-corrected chi connectivity index (χ1v) is 8.36. The van der Waals surface area contributed by atoms with Gasteiger partial charge >= 0.3 is 0 Å². The van der Waals surface area contributed by atoms with Crippen LogP contribution in [0, 0.1) is 0 Å². The van der Waals surface area contributed by atoms with Gasteiger partial charge in [-0.05, 0) is 42.8 Å². The number of phenolic OH excluding ortho intramolecular Hbond substituents is 1. The maximum absolute atomic E-state index is 12.2. The number of carbonyl (C=O) groups is 1. The molecule has 0 aliphatic heterocycles. The monoisotopic (exact) mass is 348 g/mol. The summed E-state index contributed by atoms with van der Waals surface area (Å²) < 4.78 is 5.87. The Hall–Kier alpha value is -3.34. The predicted octanol–water partition coefficient (Wildman–Crippen LogP) is 4.10. The Morgan fingerprint density at radius 3 is 2.58 bits per heavy atom. The summed E-state index contributed by atoms with van der Waals surface area (Å²) in [5, 5.41) is 15.8. The van der Waals surface area contributed by atoms with Crippen molar-refractivity contribution in [1.82, 2.24) is 5.43 Å². The molecule has 0 aliphatic rings. The lowest BCUT2D eigenvalue weighted by atomic mass is 10.0. The molecule has 0 spiro atoms. The number of ether oxygens (including phenoxy) is 1. The minimum Gasteiger partial charge on any atom is -0.507 e. The van der Waals surface area contributed by atoms with Gasteiger partial charge in [-0.3, -0.25) is 4.79 Å². The topological polar surface area (TPSA) is 70.9 Å². The highest BCUT2D eigenvalue weighted by Crippen LogP contribution is 2.27. The zero-order chi connectivity index (χ0) is 18.5. The van der Waals surface area contributed by atoms with E-state index in [1.807, 2.05) is 50.2 Å². The Morgan fingerprint density at radius 1 is 1.08 bits per heavy atom. The van der Waals surface area contributed by atoms with Gasteiger partial charge in [0.05, 0.1) is 17.9 Å². The third-order valence-electron chi connectivity index (χ3n) is 3.80. The largest absolute Gasteiger partial charge is 0.507 e. The fraction of sp³-hybridized carbons (Fsp3) is 0.143. The van der Waals surface area contributed by atoms with Crippen LogP contribution in [0.5, 0.6) is 11.5 Å². The molecule has 0 heterocycles. The zero-order valence-electron chi connectivity index (χ0n) is 14.6. The Labute approximate surface area is 151 Å². The summed E-state index contributed by atoms with van der Waals surface area (Å²) in [6.45, 7) is 3.91. The van der Waals surface area contributed by atoms with Crippen molar-refractivity contribution in [2.24, 2.45) is 5.10 Å². The molecular weight excluding hydrogens is 328 g/mol. The lowest BCUT2D eigenvalue weighted by molar-refractivity contribution is 0.0952. The van der Waals surface area contributed by atoms with Crippen LogP contribution in [0.3, 0.4) is 0 Å². The standard InChI is InChI=1S/C21H20N2O3/c1-14(2)26-20-12-11-15-7-3-4-8-16(15)18(20)13-22-23-21(25)17-9-5-6-10-19(17)24/h3-14,24H,1-2H3,(H,23,25)/b22-13+. The summed E-state index contributed by atoms with van der Waals surface area (Å²) in [6.07, 6.45) is 1.58. The van der Waals surface area contributed by atoms with Crippen molar-refractivity contribution in [3.63, 3.8) is 0 Å². The third kappa shape index (κ3) is 3.83. The third-order valence-corrected chi connectivity index (χ3v) is 3.80. The highest BCUT2D eigenvalue weighted by molar-refractivity contribution is 6.03. The van der Waals surface area contributed by atoms with Gasteiger partial charge < -0.3 is 9.84 Å². The predicted molar refractivity (Wildman–Crippen MR) is 103 cm³/mol. The van der Waals surface area contributed by atoms with Crippen LogP contribution in [-0.4, -0.2) is 23.3 Å². The van der Waals surface area contributed by atoms with Crippen molar-refractivity contribution < 1.29 is 14.6 Å². The molecule has 0 atom stereocenters. The molecule has 0 aromatic heterocycles. The van der Waals surface area contributed by atoms with E-state index in [0.717, 1.165) is 16.3 Å². The van der Waals surface area contributed by atoms with Gasteiger partial charge in [-0.1, -0.05) is 42.5 Å². The number of rotatable bonds is 5. The van der Waals surface area contributed by atoms with E-state index in [4.69, 9.17) is 4.74 Å². The minimum absolute atomic E-state index is 0.0131. The maximum Gasteiger partial charge on any atom is 0.275 e. The Balaban J connectivity index is 1.90. The zero-order valence-corrected chi connectivity index (χ0v) is 14.6. The van der Waals surface area contributed by atoms with Gasteiger partial charge in [0, 0.05) is 5.56 Å². The molecule has 0 fully saturated rings. The molecule has 0 unspecified atom stereocenters. The first-order chi connectivity index (χ1) is 12.6. The number of carbonyl (C=O) groups excluding carboxylic acids is 1. The molecule has 5 heteroatoms. The van der Waals surface area contributed by atoms with E-state index >= 15 is 0 Å². The average Bonchev–Trinajstić information content (AvgIpc) is 2.63. The molecule has 1 amide bonds. The van der Waals surface area contributed by atoms with E-state index in [0.29, 0.717) is 5.75 Å². The second kappa shape index (κ2) is 7.70. The van der Waals surface area contributed by atoms with Crippen molar-refractivity contribution in [3.8, 4) is 11.5 Å². The smallest absolute Gasteiger partial charge is 0.275 e. The highest BCUT2D eigenvalue weighted by Gasteiger charge is 2.11. The fourth-order valence-electron chi connectivity index (χ4n) is 2.65. The van der Waals surface area contributed by atoms with E-state index in [1.54, 1.807) is 18.3 Å².